The number of nitrogens with zero attached hydrogens (tertiary/aromatic N) is 2. The van der Waals surface area contributed by atoms with Crippen LogP contribution in [0, 0.1) is 5.82 Å². The molecule has 0 saturated heterocycles. The van der Waals surface area contributed by atoms with Crippen LogP contribution in [0.2, 0.25) is 5.02 Å². The van der Waals surface area contributed by atoms with Gasteiger partial charge in [-0.05, 0) is 42.0 Å². The number of amides is 1. The Balaban J connectivity index is 1.73. The molecule has 0 aliphatic carbocycles. The van der Waals surface area contributed by atoms with Gasteiger partial charge in [0, 0.05) is 24.5 Å². The summed E-state index contributed by atoms with van der Waals surface area (Å²) >= 11 is 5.82. The average molecular weight is 374 g/mol. The van der Waals surface area contributed by atoms with Crippen LogP contribution in [0.4, 0.5) is 4.39 Å². The number of halogens is 2. The second-order valence-corrected chi connectivity index (χ2v) is 6.13. The van der Waals surface area contributed by atoms with Crippen molar-refractivity contribution in [2.75, 3.05) is 6.61 Å². The highest BCUT2D eigenvalue weighted by Crippen LogP contribution is 2.21. The SMILES string of the molecule is Cn1ccnc1C(NC(=O)COc1ccc(Cl)cc1)c1ccc(F)cc1. The summed E-state index contributed by atoms with van der Waals surface area (Å²) in [7, 11) is 1.83. The number of carbonyl (C=O) groups excluding carboxylic acids is 1. The number of hydrogen-bond acceptors (Lipinski definition) is 3. The third-order valence-corrected chi connectivity index (χ3v) is 4.06. The minimum absolute atomic E-state index is 0.163. The second-order valence-electron chi connectivity index (χ2n) is 5.69. The van der Waals surface area contributed by atoms with Crippen molar-refractivity contribution < 1.29 is 13.9 Å². The summed E-state index contributed by atoms with van der Waals surface area (Å²) in [6.07, 6.45) is 3.42. The summed E-state index contributed by atoms with van der Waals surface area (Å²) in [5.41, 5.74) is 0.723. The number of ether oxygens (including phenoxy) is 1. The predicted molar refractivity (Wildman–Crippen MR) is 96.5 cm³/mol. The molecule has 3 rings (SSSR count). The zero-order valence-electron chi connectivity index (χ0n) is 14.0. The maximum absolute atomic E-state index is 13.2. The lowest BCUT2D eigenvalue weighted by Gasteiger charge is -2.19. The van der Waals surface area contributed by atoms with E-state index in [1.54, 1.807) is 53.4 Å². The minimum atomic E-state index is -0.517. The molecule has 134 valence electrons. The monoisotopic (exact) mass is 373 g/mol. The quantitative estimate of drug-likeness (QED) is 0.719. The van der Waals surface area contributed by atoms with E-state index in [2.05, 4.69) is 10.3 Å². The minimum Gasteiger partial charge on any atom is -0.484 e. The van der Waals surface area contributed by atoms with Crippen molar-refractivity contribution in [1.29, 1.82) is 0 Å². The molecule has 1 heterocycles. The van der Waals surface area contributed by atoms with Crippen molar-refractivity contribution >= 4 is 17.5 Å². The number of benzene rings is 2. The van der Waals surface area contributed by atoms with Gasteiger partial charge in [0.25, 0.3) is 5.91 Å². The van der Waals surface area contributed by atoms with Gasteiger partial charge in [0.05, 0.1) is 0 Å². The van der Waals surface area contributed by atoms with E-state index >= 15 is 0 Å². The van der Waals surface area contributed by atoms with Gasteiger partial charge in [-0.25, -0.2) is 9.37 Å². The maximum Gasteiger partial charge on any atom is 0.258 e. The van der Waals surface area contributed by atoms with Crippen molar-refractivity contribution in [3.8, 4) is 5.75 Å². The molecule has 1 amide bonds. The number of aryl methyl sites for hydroxylation is 1. The number of carbonyl (C=O) groups is 1. The molecule has 0 aliphatic rings. The highest BCUT2D eigenvalue weighted by molar-refractivity contribution is 6.30. The fourth-order valence-corrected chi connectivity index (χ4v) is 2.62. The fourth-order valence-electron chi connectivity index (χ4n) is 2.49. The molecule has 0 saturated carbocycles. The fraction of sp³-hybridized carbons (Fsp3) is 0.158. The molecule has 1 aromatic heterocycles. The number of aromatic nitrogens is 2. The zero-order chi connectivity index (χ0) is 18.5. The molecular weight excluding hydrogens is 357 g/mol. The highest BCUT2D eigenvalue weighted by atomic mass is 35.5. The first-order chi connectivity index (χ1) is 12.5. The molecule has 3 aromatic rings. The molecule has 0 aliphatic heterocycles. The lowest BCUT2D eigenvalue weighted by atomic mass is 10.1. The number of rotatable bonds is 6. The van der Waals surface area contributed by atoms with Crippen LogP contribution in [0.25, 0.3) is 0 Å². The molecule has 26 heavy (non-hydrogen) atoms. The van der Waals surface area contributed by atoms with Crippen LogP contribution < -0.4 is 10.1 Å². The maximum atomic E-state index is 13.2. The van der Waals surface area contributed by atoms with E-state index in [0.29, 0.717) is 16.6 Å². The number of imidazole rings is 1. The van der Waals surface area contributed by atoms with Crippen LogP contribution in [-0.4, -0.2) is 22.1 Å². The molecule has 0 fully saturated rings. The van der Waals surface area contributed by atoms with Gasteiger partial charge in [-0.2, -0.15) is 0 Å². The molecule has 1 N–H and O–H groups in total. The van der Waals surface area contributed by atoms with Gasteiger partial charge in [-0.1, -0.05) is 23.7 Å². The predicted octanol–water partition coefficient (Wildman–Crippen LogP) is 3.50. The van der Waals surface area contributed by atoms with E-state index in [-0.39, 0.29) is 18.3 Å². The number of hydrogen-bond donors (Lipinski definition) is 1. The van der Waals surface area contributed by atoms with E-state index in [1.807, 2.05) is 7.05 Å². The van der Waals surface area contributed by atoms with Gasteiger partial charge in [0.15, 0.2) is 6.61 Å². The molecule has 7 heteroatoms. The molecule has 0 bridgehead atoms. The summed E-state index contributed by atoms with van der Waals surface area (Å²) in [6.45, 7) is -0.163. The van der Waals surface area contributed by atoms with E-state index in [9.17, 15) is 9.18 Å². The third kappa shape index (κ3) is 4.40. The normalized spacial score (nSPS) is 11.8. The standard InChI is InChI=1S/C19H17ClFN3O2/c1-24-11-10-22-19(24)18(13-2-6-15(21)7-3-13)23-17(25)12-26-16-8-4-14(20)5-9-16/h2-11,18H,12H2,1H3,(H,23,25). The Kier molecular flexibility index (Phi) is 5.53. The van der Waals surface area contributed by atoms with Crippen molar-refractivity contribution in [3.63, 3.8) is 0 Å². The van der Waals surface area contributed by atoms with Gasteiger partial charge in [-0.15, -0.1) is 0 Å². The van der Waals surface area contributed by atoms with Crippen molar-refractivity contribution in [1.82, 2.24) is 14.9 Å². The third-order valence-electron chi connectivity index (χ3n) is 3.81. The second kappa shape index (κ2) is 8.01. The van der Waals surface area contributed by atoms with Crippen LogP contribution in [0.15, 0.2) is 60.9 Å². The molecule has 1 atom stereocenters. The Morgan fingerprint density at radius 1 is 1.23 bits per heavy atom. The Morgan fingerprint density at radius 3 is 2.54 bits per heavy atom. The van der Waals surface area contributed by atoms with Crippen LogP contribution in [0.3, 0.4) is 0 Å². The van der Waals surface area contributed by atoms with E-state index < -0.39 is 6.04 Å². The Hall–Kier alpha value is -2.86. The van der Waals surface area contributed by atoms with E-state index in [0.717, 1.165) is 5.56 Å². The van der Waals surface area contributed by atoms with Crippen LogP contribution in [0.1, 0.15) is 17.4 Å². The summed E-state index contributed by atoms with van der Waals surface area (Å²) in [5, 5.41) is 3.47. The summed E-state index contributed by atoms with van der Waals surface area (Å²) in [6, 6.07) is 12.2. The van der Waals surface area contributed by atoms with Gasteiger partial charge in [-0.3, -0.25) is 4.79 Å². The van der Waals surface area contributed by atoms with Crippen LogP contribution in [0.5, 0.6) is 5.75 Å². The highest BCUT2D eigenvalue weighted by Gasteiger charge is 2.21. The van der Waals surface area contributed by atoms with Gasteiger partial charge >= 0.3 is 0 Å². The summed E-state index contributed by atoms with van der Waals surface area (Å²) in [4.78, 5) is 16.7. The van der Waals surface area contributed by atoms with Crippen molar-refractivity contribution in [2.45, 2.75) is 6.04 Å². The molecule has 0 radical (unpaired) electrons. The Bertz CT molecular complexity index is 879. The lowest BCUT2D eigenvalue weighted by Crippen LogP contribution is -2.34. The molecule has 0 spiro atoms. The van der Waals surface area contributed by atoms with Crippen molar-refractivity contribution in [2.24, 2.45) is 7.05 Å². The summed E-state index contributed by atoms with van der Waals surface area (Å²) in [5.74, 6) is 0.512. The van der Waals surface area contributed by atoms with Gasteiger partial charge in [0.1, 0.15) is 23.4 Å². The largest absolute Gasteiger partial charge is 0.484 e. The lowest BCUT2D eigenvalue weighted by molar-refractivity contribution is -0.123. The van der Waals surface area contributed by atoms with Crippen LogP contribution in [-0.2, 0) is 11.8 Å². The zero-order valence-corrected chi connectivity index (χ0v) is 14.8. The van der Waals surface area contributed by atoms with Gasteiger partial charge in [0.2, 0.25) is 0 Å². The summed E-state index contributed by atoms with van der Waals surface area (Å²) < 4.78 is 20.5. The smallest absolute Gasteiger partial charge is 0.258 e. The van der Waals surface area contributed by atoms with Gasteiger partial charge < -0.3 is 14.6 Å². The molecule has 2 aromatic carbocycles. The first-order valence-electron chi connectivity index (χ1n) is 7.93. The molecule has 5 nitrogen and oxygen atoms in total. The Labute approximate surface area is 155 Å². The van der Waals surface area contributed by atoms with E-state index in [4.69, 9.17) is 16.3 Å². The van der Waals surface area contributed by atoms with Crippen molar-refractivity contribution in [3.05, 3.63) is 83.2 Å². The average Bonchev–Trinajstić information content (AvgIpc) is 3.06. The first kappa shape index (κ1) is 17.9. The van der Waals surface area contributed by atoms with Crippen LogP contribution >= 0.6 is 11.6 Å². The van der Waals surface area contributed by atoms with E-state index in [1.165, 1.54) is 12.1 Å². The first-order valence-corrected chi connectivity index (χ1v) is 8.31. The molecule has 1 unspecified atom stereocenters. The topological polar surface area (TPSA) is 56.2 Å². The Morgan fingerprint density at radius 2 is 1.92 bits per heavy atom. The number of nitrogens with one attached hydrogen (secondary N) is 1. The molecular formula is C19H17ClFN3O2.